The highest BCUT2D eigenvalue weighted by atomic mass is 19.3. The second kappa shape index (κ2) is 11.5. The minimum absolute atomic E-state index is 0.0440. The average molecular weight is 524 g/mol. The van der Waals surface area contributed by atoms with Gasteiger partial charge in [0.1, 0.15) is 5.69 Å². The van der Waals surface area contributed by atoms with Crippen LogP contribution in [0.3, 0.4) is 0 Å². The van der Waals surface area contributed by atoms with Crippen molar-refractivity contribution in [3.8, 4) is 22.7 Å². The van der Waals surface area contributed by atoms with Crippen molar-refractivity contribution in [2.75, 3.05) is 31.6 Å². The quantitative estimate of drug-likeness (QED) is 0.338. The van der Waals surface area contributed by atoms with Gasteiger partial charge in [-0.15, -0.1) is 15.3 Å². The van der Waals surface area contributed by atoms with Crippen molar-refractivity contribution in [1.29, 1.82) is 0 Å². The first-order chi connectivity index (χ1) is 18.5. The van der Waals surface area contributed by atoms with Gasteiger partial charge in [0.15, 0.2) is 0 Å². The number of amides is 2. The van der Waals surface area contributed by atoms with Gasteiger partial charge in [-0.25, -0.2) is 9.48 Å². The van der Waals surface area contributed by atoms with E-state index in [0.29, 0.717) is 43.2 Å². The number of alkyl halides is 2. The molecule has 1 fully saturated rings. The second-order valence-electron chi connectivity index (χ2n) is 8.87. The molecular weight excluding hydrogens is 496 g/mol. The molecular formula is C26H27F2N7O3. The van der Waals surface area contributed by atoms with E-state index in [-0.39, 0.29) is 18.0 Å². The molecule has 1 saturated heterocycles. The number of morpholine rings is 1. The van der Waals surface area contributed by atoms with Crippen molar-refractivity contribution in [2.24, 2.45) is 0 Å². The summed E-state index contributed by atoms with van der Waals surface area (Å²) in [4.78, 5) is 14.3. The van der Waals surface area contributed by atoms with Crippen molar-refractivity contribution in [3.05, 3.63) is 66.2 Å². The predicted octanol–water partition coefficient (Wildman–Crippen LogP) is 5.19. The van der Waals surface area contributed by atoms with E-state index >= 15 is 0 Å². The summed E-state index contributed by atoms with van der Waals surface area (Å²) in [6.45, 7) is 4.28. The Kier molecular flexibility index (Phi) is 7.68. The first kappa shape index (κ1) is 25.5. The van der Waals surface area contributed by atoms with Crippen LogP contribution >= 0.6 is 0 Å². The molecule has 0 spiro atoms. The van der Waals surface area contributed by atoms with E-state index in [9.17, 15) is 13.6 Å². The van der Waals surface area contributed by atoms with Gasteiger partial charge in [0, 0.05) is 29.9 Å². The Bertz CT molecular complexity index is 1370. The van der Waals surface area contributed by atoms with Crippen molar-refractivity contribution in [3.63, 3.8) is 0 Å². The smallest absolute Gasteiger partial charge is 0.321 e. The van der Waals surface area contributed by atoms with E-state index < -0.39 is 12.3 Å². The third kappa shape index (κ3) is 5.70. The molecule has 1 atom stereocenters. The molecule has 198 valence electrons. The number of nitrogens with one attached hydrogen (secondary N) is 1. The number of carbonyl (C=O) groups excluding carboxylic acids is 1. The fourth-order valence-corrected chi connectivity index (χ4v) is 4.30. The number of benzene rings is 2. The molecule has 1 N–H and O–H groups in total. The SMILES string of the molecule is CCC[C@@H](c1ccc(-c2nnc(C(F)F)o2)cc1)n1cc(-c2cccc(NC(=O)N3CCOCC3)c2)nn1. The van der Waals surface area contributed by atoms with Crippen LogP contribution in [0, 0.1) is 0 Å². The van der Waals surface area contributed by atoms with Crippen LogP contribution in [-0.4, -0.2) is 62.4 Å². The van der Waals surface area contributed by atoms with Gasteiger partial charge < -0.3 is 19.4 Å². The van der Waals surface area contributed by atoms with Gasteiger partial charge in [-0.3, -0.25) is 0 Å². The summed E-state index contributed by atoms with van der Waals surface area (Å²) >= 11 is 0. The van der Waals surface area contributed by atoms with Crippen LogP contribution in [0.5, 0.6) is 0 Å². The third-order valence-corrected chi connectivity index (χ3v) is 6.27. The van der Waals surface area contributed by atoms with Gasteiger partial charge in [0.25, 0.3) is 5.89 Å². The maximum atomic E-state index is 12.8. The van der Waals surface area contributed by atoms with Gasteiger partial charge in [0.05, 0.1) is 25.5 Å². The minimum Gasteiger partial charge on any atom is -0.415 e. The number of anilines is 1. The van der Waals surface area contributed by atoms with E-state index in [1.807, 2.05) is 47.3 Å². The fourth-order valence-electron chi connectivity index (χ4n) is 4.30. The van der Waals surface area contributed by atoms with Crippen LogP contribution < -0.4 is 5.32 Å². The van der Waals surface area contributed by atoms with Gasteiger partial charge in [0.2, 0.25) is 5.89 Å². The summed E-state index contributed by atoms with van der Waals surface area (Å²) in [6, 6.07) is 14.6. The fraction of sp³-hybridized carbons (Fsp3) is 0.346. The number of carbonyl (C=O) groups is 1. The minimum atomic E-state index is -2.81. The average Bonchev–Trinajstić information content (AvgIpc) is 3.64. The van der Waals surface area contributed by atoms with Crippen molar-refractivity contribution >= 4 is 11.7 Å². The second-order valence-corrected chi connectivity index (χ2v) is 8.87. The summed E-state index contributed by atoms with van der Waals surface area (Å²) < 4.78 is 37.7. The Morgan fingerprint density at radius 1 is 1.05 bits per heavy atom. The van der Waals surface area contributed by atoms with Crippen LogP contribution in [0.15, 0.2) is 59.1 Å². The highest BCUT2D eigenvalue weighted by molar-refractivity contribution is 5.90. The zero-order valence-corrected chi connectivity index (χ0v) is 20.8. The lowest BCUT2D eigenvalue weighted by molar-refractivity contribution is 0.0564. The molecule has 2 amide bonds. The first-order valence-electron chi connectivity index (χ1n) is 12.4. The molecule has 3 heterocycles. The molecule has 10 nitrogen and oxygen atoms in total. The topological polar surface area (TPSA) is 111 Å². The molecule has 2 aromatic heterocycles. The van der Waals surface area contributed by atoms with Crippen LogP contribution in [0.25, 0.3) is 22.7 Å². The van der Waals surface area contributed by atoms with Gasteiger partial charge in [-0.2, -0.15) is 8.78 Å². The van der Waals surface area contributed by atoms with Gasteiger partial charge in [-0.05, 0) is 36.2 Å². The molecule has 0 radical (unpaired) electrons. The summed E-state index contributed by atoms with van der Waals surface area (Å²) in [5.41, 5.74) is 3.71. The Morgan fingerprint density at radius 3 is 2.55 bits per heavy atom. The molecule has 0 aliphatic carbocycles. The maximum Gasteiger partial charge on any atom is 0.321 e. The number of aromatic nitrogens is 5. The molecule has 0 saturated carbocycles. The molecule has 5 rings (SSSR count). The van der Waals surface area contributed by atoms with Crippen LogP contribution in [-0.2, 0) is 4.74 Å². The predicted molar refractivity (Wildman–Crippen MR) is 135 cm³/mol. The number of nitrogens with zero attached hydrogens (tertiary/aromatic N) is 6. The summed E-state index contributed by atoms with van der Waals surface area (Å²) in [5, 5.41) is 18.8. The normalized spacial score (nSPS) is 14.6. The number of halogens is 2. The van der Waals surface area contributed by atoms with E-state index in [4.69, 9.17) is 9.15 Å². The van der Waals surface area contributed by atoms with E-state index in [1.165, 1.54) is 0 Å². The standard InChI is InChI=1S/C26H27F2N7O3/c1-2-4-22(17-7-9-18(10-8-17)24-31-32-25(38-24)23(27)28)35-16-21(30-33-35)19-5-3-6-20(15-19)29-26(36)34-11-13-37-14-12-34/h3,5-10,15-16,22-23H,2,4,11-14H2,1H3,(H,29,36)/t22-/m0/s1. The van der Waals surface area contributed by atoms with Crippen LogP contribution in [0.4, 0.5) is 19.3 Å². The van der Waals surface area contributed by atoms with Crippen LogP contribution in [0.2, 0.25) is 0 Å². The highest BCUT2D eigenvalue weighted by Gasteiger charge is 2.20. The van der Waals surface area contributed by atoms with Gasteiger partial charge >= 0.3 is 12.5 Å². The first-order valence-corrected chi connectivity index (χ1v) is 12.4. The Morgan fingerprint density at radius 2 is 1.84 bits per heavy atom. The largest absolute Gasteiger partial charge is 0.415 e. The number of ether oxygens (including phenoxy) is 1. The number of hydrogen-bond acceptors (Lipinski definition) is 7. The Labute approximate surface area is 217 Å². The van der Waals surface area contributed by atoms with Crippen molar-refractivity contribution in [1.82, 2.24) is 30.1 Å². The molecule has 0 bridgehead atoms. The Balaban J connectivity index is 1.32. The molecule has 2 aromatic carbocycles. The van der Waals surface area contributed by atoms with Crippen molar-refractivity contribution in [2.45, 2.75) is 32.2 Å². The van der Waals surface area contributed by atoms with Crippen LogP contribution in [0.1, 0.15) is 43.7 Å². The molecule has 1 aliphatic heterocycles. The molecule has 38 heavy (non-hydrogen) atoms. The van der Waals surface area contributed by atoms with E-state index in [2.05, 4.69) is 32.7 Å². The summed E-state index contributed by atoms with van der Waals surface area (Å²) in [7, 11) is 0. The molecule has 12 heteroatoms. The third-order valence-electron chi connectivity index (χ3n) is 6.27. The Hall–Kier alpha value is -4.19. The summed E-state index contributed by atoms with van der Waals surface area (Å²) in [6.07, 6.45) is 0.789. The maximum absolute atomic E-state index is 12.8. The number of rotatable bonds is 8. The molecule has 1 aliphatic rings. The van der Waals surface area contributed by atoms with E-state index in [1.54, 1.807) is 17.0 Å². The zero-order chi connectivity index (χ0) is 26.5. The van der Waals surface area contributed by atoms with E-state index in [0.717, 1.165) is 24.0 Å². The molecule has 4 aromatic rings. The highest BCUT2D eigenvalue weighted by Crippen LogP contribution is 2.29. The number of hydrogen-bond donors (Lipinski definition) is 1. The summed E-state index contributed by atoms with van der Waals surface area (Å²) in [5.74, 6) is -0.657. The zero-order valence-electron chi connectivity index (χ0n) is 20.8. The van der Waals surface area contributed by atoms with Crippen molar-refractivity contribution < 1.29 is 22.7 Å². The molecule has 0 unspecified atom stereocenters. The monoisotopic (exact) mass is 523 g/mol. The lowest BCUT2D eigenvalue weighted by atomic mass is 10.0. The lowest BCUT2D eigenvalue weighted by Crippen LogP contribution is -2.43. The van der Waals surface area contributed by atoms with Gasteiger partial charge in [-0.1, -0.05) is 42.8 Å². The lowest BCUT2D eigenvalue weighted by Gasteiger charge is -2.26. The number of urea groups is 1.